The Morgan fingerprint density at radius 3 is 2.24 bits per heavy atom. The van der Waals surface area contributed by atoms with Gasteiger partial charge in [0.2, 0.25) is 5.91 Å². The number of unbranched alkanes of at least 4 members (excludes halogenated alkanes) is 2. The number of benzene rings is 3. The predicted molar refractivity (Wildman–Crippen MR) is 170 cm³/mol. The third-order valence-electron chi connectivity index (χ3n) is 7.41. The van der Waals surface area contributed by atoms with Gasteiger partial charge < -0.3 is 20.3 Å². The second kappa shape index (κ2) is 14.3. The van der Waals surface area contributed by atoms with Crippen molar-refractivity contribution in [1.82, 2.24) is 10.2 Å². The molecule has 0 spiro atoms. The van der Waals surface area contributed by atoms with Gasteiger partial charge in [-0.05, 0) is 86.6 Å². The molecule has 2 unspecified atom stereocenters. The molecular weight excluding hydrogens is 526 g/mol. The molecular formula is C35H47N3O4. The number of hydrogen-bond acceptors (Lipinski definition) is 4. The van der Waals surface area contributed by atoms with Gasteiger partial charge in [-0.2, -0.15) is 0 Å². The van der Waals surface area contributed by atoms with Crippen LogP contribution in [0, 0.1) is 19.8 Å². The zero-order valence-corrected chi connectivity index (χ0v) is 26.4. The van der Waals surface area contributed by atoms with Gasteiger partial charge in [0.05, 0.1) is 0 Å². The summed E-state index contributed by atoms with van der Waals surface area (Å²) in [5.41, 5.74) is 2.69. The van der Waals surface area contributed by atoms with Crippen molar-refractivity contribution in [3.8, 4) is 0 Å². The first-order valence-corrected chi connectivity index (χ1v) is 15.0. The van der Waals surface area contributed by atoms with Crippen LogP contribution in [0.15, 0.2) is 60.7 Å². The van der Waals surface area contributed by atoms with Gasteiger partial charge in [0.25, 0.3) is 5.91 Å². The van der Waals surface area contributed by atoms with E-state index in [1.165, 1.54) is 0 Å². The lowest BCUT2D eigenvalue weighted by atomic mass is 9.93. The molecule has 3 aromatic rings. The molecule has 0 aliphatic carbocycles. The van der Waals surface area contributed by atoms with E-state index in [1.807, 2.05) is 88.4 Å². The van der Waals surface area contributed by atoms with Gasteiger partial charge in [0, 0.05) is 12.2 Å². The molecule has 3 amide bonds. The van der Waals surface area contributed by atoms with Crippen LogP contribution in [0.1, 0.15) is 83.5 Å². The van der Waals surface area contributed by atoms with Crippen LogP contribution in [-0.2, 0) is 14.3 Å². The Bertz CT molecular complexity index is 1390. The van der Waals surface area contributed by atoms with Crippen LogP contribution in [0.3, 0.4) is 0 Å². The van der Waals surface area contributed by atoms with Crippen molar-refractivity contribution in [1.29, 1.82) is 0 Å². The normalized spacial score (nSPS) is 13.0. The Balaban J connectivity index is 2.07. The second-order valence-electron chi connectivity index (χ2n) is 12.3. The van der Waals surface area contributed by atoms with Gasteiger partial charge in [-0.1, -0.05) is 82.1 Å². The molecule has 3 aromatic carbocycles. The highest BCUT2D eigenvalue weighted by molar-refractivity contribution is 6.00. The third kappa shape index (κ3) is 8.57. The molecule has 0 saturated carbocycles. The summed E-state index contributed by atoms with van der Waals surface area (Å²) in [6.45, 7) is 15.6. The van der Waals surface area contributed by atoms with E-state index in [9.17, 15) is 14.4 Å². The summed E-state index contributed by atoms with van der Waals surface area (Å²) < 4.78 is 5.49. The summed E-state index contributed by atoms with van der Waals surface area (Å²) in [5.74, 6) is -0.850. The zero-order chi connectivity index (χ0) is 31.0. The van der Waals surface area contributed by atoms with Crippen molar-refractivity contribution in [3.05, 3.63) is 77.4 Å². The van der Waals surface area contributed by atoms with Crippen LogP contribution >= 0.6 is 0 Å². The topological polar surface area (TPSA) is 87.7 Å². The highest BCUT2D eigenvalue weighted by Crippen LogP contribution is 2.30. The maximum Gasteiger partial charge on any atom is 0.408 e. The lowest BCUT2D eigenvalue weighted by Crippen LogP contribution is -2.54. The third-order valence-corrected chi connectivity index (χ3v) is 7.41. The molecule has 0 bridgehead atoms. The van der Waals surface area contributed by atoms with E-state index in [-0.39, 0.29) is 17.7 Å². The number of fused-ring (bicyclic) bond motifs is 1. The van der Waals surface area contributed by atoms with Gasteiger partial charge in [-0.3, -0.25) is 9.59 Å². The van der Waals surface area contributed by atoms with Crippen LogP contribution < -0.4 is 10.6 Å². The Kier molecular flexibility index (Phi) is 11.1. The Hall–Kier alpha value is -3.87. The summed E-state index contributed by atoms with van der Waals surface area (Å²) >= 11 is 0. The van der Waals surface area contributed by atoms with E-state index in [4.69, 9.17) is 4.74 Å². The molecule has 0 saturated heterocycles. The number of nitrogens with one attached hydrogen (secondary N) is 2. The number of amides is 3. The molecule has 226 valence electrons. The fourth-order valence-corrected chi connectivity index (χ4v) is 5.02. The zero-order valence-electron chi connectivity index (χ0n) is 26.4. The minimum Gasteiger partial charge on any atom is -0.444 e. The Labute approximate surface area is 251 Å². The van der Waals surface area contributed by atoms with Crippen LogP contribution in [0.5, 0.6) is 0 Å². The highest BCUT2D eigenvalue weighted by Gasteiger charge is 2.38. The van der Waals surface area contributed by atoms with E-state index in [0.717, 1.165) is 46.7 Å². The molecule has 0 fully saturated rings. The van der Waals surface area contributed by atoms with Crippen molar-refractivity contribution >= 4 is 34.4 Å². The van der Waals surface area contributed by atoms with Crippen LogP contribution in [-0.4, -0.2) is 41.0 Å². The quantitative estimate of drug-likeness (QED) is 0.230. The lowest BCUT2D eigenvalue weighted by Gasteiger charge is -2.36. The van der Waals surface area contributed by atoms with Crippen molar-refractivity contribution in [2.24, 2.45) is 5.92 Å². The average Bonchev–Trinajstić information content (AvgIpc) is 2.91. The second-order valence-corrected chi connectivity index (χ2v) is 12.3. The molecule has 0 aliphatic heterocycles. The largest absolute Gasteiger partial charge is 0.444 e. The van der Waals surface area contributed by atoms with Gasteiger partial charge in [0.15, 0.2) is 0 Å². The van der Waals surface area contributed by atoms with Crippen LogP contribution in [0.2, 0.25) is 0 Å². The molecule has 2 N–H and O–H groups in total. The molecule has 0 aromatic heterocycles. The number of aryl methyl sites for hydroxylation is 1. The van der Waals surface area contributed by atoms with Gasteiger partial charge in [-0.15, -0.1) is 0 Å². The predicted octanol–water partition coefficient (Wildman–Crippen LogP) is 7.70. The molecule has 3 rings (SSSR count). The van der Waals surface area contributed by atoms with Crippen LogP contribution in [0.25, 0.3) is 10.8 Å². The monoisotopic (exact) mass is 573 g/mol. The van der Waals surface area contributed by atoms with E-state index in [2.05, 4.69) is 17.6 Å². The summed E-state index contributed by atoms with van der Waals surface area (Å²) in [6.07, 6.45) is 1.93. The SMILES string of the molecule is CCCCCN(C(=O)C(NC(=O)OC(C)(C)C)C(C)C)C(C(=O)Nc1ccc2ccccc2c1)c1cccc(C)c1C. The summed E-state index contributed by atoms with van der Waals surface area (Å²) in [7, 11) is 0. The molecule has 0 aliphatic rings. The van der Waals surface area contributed by atoms with E-state index >= 15 is 0 Å². The number of alkyl carbamates (subject to hydrolysis) is 1. The fourth-order valence-electron chi connectivity index (χ4n) is 5.02. The van der Waals surface area contributed by atoms with E-state index < -0.39 is 23.8 Å². The Morgan fingerprint density at radius 1 is 0.905 bits per heavy atom. The molecule has 0 radical (unpaired) electrons. The molecule has 2 atom stereocenters. The number of ether oxygens (including phenoxy) is 1. The van der Waals surface area contributed by atoms with E-state index in [1.54, 1.807) is 25.7 Å². The maximum absolute atomic E-state index is 14.4. The number of rotatable bonds is 11. The van der Waals surface area contributed by atoms with Crippen molar-refractivity contribution in [3.63, 3.8) is 0 Å². The minimum absolute atomic E-state index is 0.235. The number of anilines is 1. The molecule has 0 heterocycles. The first-order valence-electron chi connectivity index (χ1n) is 15.0. The maximum atomic E-state index is 14.4. The van der Waals surface area contributed by atoms with E-state index in [0.29, 0.717) is 12.2 Å². The molecule has 7 heteroatoms. The standard InChI is InChI=1S/C35H47N3O4/c1-9-10-13-21-38(33(40)30(23(2)3)37-34(41)42-35(6,7)8)31(29-18-14-15-24(4)25(29)5)32(39)36-28-20-19-26-16-11-12-17-27(26)22-28/h11-12,14-20,22-23,30-31H,9-10,13,21H2,1-8H3,(H,36,39)(H,37,41). The van der Waals surface area contributed by atoms with Crippen molar-refractivity contribution in [2.75, 3.05) is 11.9 Å². The number of carbonyl (C=O) groups excluding carboxylic acids is 3. The fraction of sp³-hybridized carbons (Fsp3) is 0.457. The summed E-state index contributed by atoms with van der Waals surface area (Å²) in [5, 5.41) is 7.99. The minimum atomic E-state index is -0.901. The first-order chi connectivity index (χ1) is 19.8. The van der Waals surface area contributed by atoms with Gasteiger partial charge >= 0.3 is 6.09 Å². The summed E-state index contributed by atoms with van der Waals surface area (Å²) in [6, 6.07) is 17.8. The van der Waals surface area contributed by atoms with Crippen LogP contribution in [0.4, 0.5) is 10.5 Å². The first kappa shape index (κ1) is 32.6. The average molecular weight is 574 g/mol. The van der Waals surface area contributed by atoms with Gasteiger partial charge in [-0.25, -0.2) is 4.79 Å². The van der Waals surface area contributed by atoms with Gasteiger partial charge in [0.1, 0.15) is 17.7 Å². The van der Waals surface area contributed by atoms with Crippen molar-refractivity contribution < 1.29 is 19.1 Å². The Morgan fingerprint density at radius 2 is 1.60 bits per heavy atom. The molecule has 42 heavy (non-hydrogen) atoms. The highest BCUT2D eigenvalue weighted by atomic mass is 16.6. The number of hydrogen-bond donors (Lipinski definition) is 2. The molecule has 7 nitrogen and oxygen atoms in total. The van der Waals surface area contributed by atoms with Crippen molar-refractivity contribution in [2.45, 2.75) is 92.3 Å². The smallest absolute Gasteiger partial charge is 0.408 e. The number of carbonyl (C=O) groups is 3. The number of nitrogens with zero attached hydrogens (tertiary/aromatic N) is 1. The lowest BCUT2D eigenvalue weighted by molar-refractivity contribution is -0.141. The summed E-state index contributed by atoms with van der Waals surface area (Å²) in [4.78, 5) is 43.1.